The van der Waals surface area contributed by atoms with Crippen LogP contribution in [-0.2, 0) is 7.05 Å². The summed E-state index contributed by atoms with van der Waals surface area (Å²) in [6.07, 6.45) is 4.89. The summed E-state index contributed by atoms with van der Waals surface area (Å²) in [5.74, 6) is 0.308. The second-order valence-corrected chi connectivity index (χ2v) is 5.06. The lowest BCUT2D eigenvalue weighted by molar-refractivity contribution is -0.384. The van der Waals surface area contributed by atoms with Gasteiger partial charge < -0.3 is 10.0 Å². The molecule has 0 aromatic carbocycles. The zero-order valence-corrected chi connectivity index (χ0v) is 10.7. The van der Waals surface area contributed by atoms with E-state index in [-0.39, 0.29) is 5.69 Å². The summed E-state index contributed by atoms with van der Waals surface area (Å²) in [5, 5.41) is 25.3. The van der Waals surface area contributed by atoms with Crippen LogP contribution in [0.5, 0.6) is 0 Å². The predicted octanol–water partition coefficient (Wildman–Crippen LogP) is 1.07. The number of hydrogen-bond acceptors (Lipinski definition) is 5. The lowest BCUT2D eigenvalue weighted by Crippen LogP contribution is -2.39. The first-order valence-corrected chi connectivity index (χ1v) is 6.03. The van der Waals surface area contributed by atoms with Crippen LogP contribution in [-0.4, -0.2) is 39.0 Å². The van der Waals surface area contributed by atoms with Crippen molar-refractivity contribution >= 4 is 11.5 Å². The van der Waals surface area contributed by atoms with Gasteiger partial charge in [0.05, 0.1) is 10.5 Å². The van der Waals surface area contributed by atoms with Crippen molar-refractivity contribution in [2.45, 2.75) is 31.3 Å². The molecule has 0 unspecified atom stereocenters. The summed E-state index contributed by atoms with van der Waals surface area (Å²) < 4.78 is 1.42. The highest BCUT2D eigenvalue weighted by molar-refractivity contribution is 5.56. The number of anilines is 1. The Labute approximate surface area is 105 Å². The molecule has 0 bridgehead atoms. The van der Waals surface area contributed by atoms with Crippen molar-refractivity contribution in [1.82, 2.24) is 9.78 Å². The number of aryl methyl sites for hydroxylation is 1. The number of rotatable bonds is 4. The van der Waals surface area contributed by atoms with Gasteiger partial charge in [0.15, 0.2) is 0 Å². The standard InChI is InChI=1S/C11H18N4O3/c1-13(8-11(16)5-3-4-6-11)10-9(15(17)18)7-14(2)12-10/h7,16H,3-6,8H2,1-2H3. The molecular formula is C11H18N4O3. The first-order chi connectivity index (χ1) is 8.41. The Morgan fingerprint density at radius 3 is 2.78 bits per heavy atom. The van der Waals surface area contributed by atoms with Gasteiger partial charge in [-0.25, -0.2) is 0 Å². The van der Waals surface area contributed by atoms with Crippen LogP contribution in [0.25, 0.3) is 0 Å². The van der Waals surface area contributed by atoms with E-state index in [2.05, 4.69) is 5.10 Å². The quantitative estimate of drug-likeness (QED) is 0.641. The van der Waals surface area contributed by atoms with E-state index in [1.165, 1.54) is 10.9 Å². The van der Waals surface area contributed by atoms with Gasteiger partial charge in [0.2, 0.25) is 5.82 Å². The Morgan fingerprint density at radius 2 is 2.22 bits per heavy atom. The minimum atomic E-state index is -0.736. The van der Waals surface area contributed by atoms with Gasteiger partial charge in [-0.3, -0.25) is 14.8 Å². The third kappa shape index (κ3) is 2.45. The Morgan fingerprint density at radius 1 is 1.61 bits per heavy atom. The second kappa shape index (κ2) is 4.56. The molecule has 0 amide bonds. The summed E-state index contributed by atoms with van der Waals surface area (Å²) in [4.78, 5) is 12.1. The highest BCUT2D eigenvalue weighted by Gasteiger charge is 2.34. The third-order valence-corrected chi connectivity index (χ3v) is 3.41. The van der Waals surface area contributed by atoms with Crippen molar-refractivity contribution in [2.75, 3.05) is 18.5 Å². The predicted molar refractivity (Wildman–Crippen MR) is 66.6 cm³/mol. The molecule has 0 radical (unpaired) electrons. The molecule has 0 saturated heterocycles. The summed E-state index contributed by atoms with van der Waals surface area (Å²) in [6.45, 7) is 0.380. The lowest BCUT2D eigenvalue weighted by Gasteiger charge is -2.28. The SMILES string of the molecule is CN(CC1(O)CCCC1)c1nn(C)cc1[N+](=O)[O-]. The third-order valence-electron chi connectivity index (χ3n) is 3.41. The number of hydrogen-bond donors (Lipinski definition) is 1. The Hall–Kier alpha value is -1.63. The summed E-state index contributed by atoms with van der Waals surface area (Å²) in [5.41, 5.74) is -0.762. The van der Waals surface area contributed by atoms with E-state index >= 15 is 0 Å². The molecule has 2 rings (SSSR count). The topological polar surface area (TPSA) is 84.4 Å². The maximum absolute atomic E-state index is 10.9. The van der Waals surface area contributed by atoms with Gasteiger partial charge in [-0.15, -0.1) is 5.10 Å². The van der Waals surface area contributed by atoms with Crippen molar-refractivity contribution in [3.8, 4) is 0 Å². The maximum atomic E-state index is 10.9. The largest absolute Gasteiger partial charge is 0.388 e. The number of aromatic nitrogens is 2. The molecule has 1 heterocycles. The zero-order valence-electron chi connectivity index (χ0n) is 10.7. The first kappa shape index (κ1) is 12.8. The number of likely N-dealkylation sites (N-methyl/N-ethyl adjacent to an activating group) is 1. The number of nitrogens with zero attached hydrogens (tertiary/aromatic N) is 4. The highest BCUT2D eigenvalue weighted by atomic mass is 16.6. The molecule has 1 aromatic rings. The van der Waals surface area contributed by atoms with Gasteiger partial charge in [-0.1, -0.05) is 12.8 Å². The molecule has 1 N–H and O–H groups in total. The normalized spacial score (nSPS) is 17.9. The molecular weight excluding hydrogens is 236 g/mol. The molecule has 1 aliphatic carbocycles. The van der Waals surface area contributed by atoms with Gasteiger partial charge in [0, 0.05) is 20.6 Å². The summed E-state index contributed by atoms with van der Waals surface area (Å²) in [6, 6.07) is 0. The molecule has 1 fully saturated rings. The van der Waals surface area contributed by atoms with Gasteiger partial charge >= 0.3 is 5.69 Å². The van der Waals surface area contributed by atoms with Crippen LogP contribution >= 0.6 is 0 Å². The van der Waals surface area contributed by atoms with Crippen LogP contribution in [0.15, 0.2) is 6.20 Å². The van der Waals surface area contributed by atoms with Crippen molar-refractivity contribution < 1.29 is 10.0 Å². The minimum Gasteiger partial charge on any atom is -0.388 e. The average molecular weight is 254 g/mol. The molecule has 1 saturated carbocycles. The molecule has 7 heteroatoms. The molecule has 1 aromatic heterocycles. The van der Waals surface area contributed by atoms with Gasteiger partial charge in [-0.2, -0.15) is 0 Å². The van der Waals surface area contributed by atoms with Gasteiger partial charge in [0.1, 0.15) is 6.20 Å². The first-order valence-electron chi connectivity index (χ1n) is 6.03. The molecule has 18 heavy (non-hydrogen) atoms. The fraction of sp³-hybridized carbons (Fsp3) is 0.727. The van der Waals surface area contributed by atoms with Crippen molar-refractivity contribution in [3.63, 3.8) is 0 Å². The van der Waals surface area contributed by atoms with Crippen molar-refractivity contribution in [3.05, 3.63) is 16.3 Å². The summed E-state index contributed by atoms with van der Waals surface area (Å²) >= 11 is 0. The molecule has 0 spiro atoms. The van der Waals surface area contributed by atoms with E-state index in [0.29, 0.717) is 12.4 Å². The molecule has 7 nitrogen and oxygen atoms in total. The van der Waals surface area contributed by atoms with E-state index in [0.717, 1.165) is 25.7 Å². The molecule has 1 aliphatic rings. The maximum Gasteiger partial charge on any atom is 0.330 e. The lowest BCUT2D eigenvalue weighted by atomic mass is 10.0. The van der Waals surface area contributed by atoms with Gasteiger partial charge in [-0.05, 0) is 12.8 Å². The smallest absolute Gasteiger partial charge is 0.330 e. The van der Waals surface area contributed by atoms with E-state index in [9.17, 15) is 15.2 Å². The van der Waals surface area contributed by atoms with E-state index in [1.807, 2.05) is 0 Å². The molecule has 0 atom stereocenters. The molecule has 0 aliphatic heterocycles. The van der Waals surface area contributed by atoms with E-state index < -0.39 is 10.5 Å². The minimum absolute atomic E-state index is 0.0263. The Balaban J connectivity index is 2.18. The molecule has 100 valence electrons. The Kier molecular flexibility index (Phi) is 3.25. The van der Waals surface area contributed by atoms with Crippen LogP contribution in [0, 0.1) is 10.1 Å². The van der Waals surface area contributed by atoms with E-state index in [1.54, 1.807) is 19.0 Å². The summed E-state index contributed by atoms with van der Waals surface area (Å²) in [7, 11) is 3.38. The van der Waals surface area contributed by atoms with Gasteiger partial charge in [0.25, 0.3) is 0 Å². The van der Waals surface area contributed by atoms with Crippen LogP contribution in [0.1, 0.15) is 25.7 Å². The zero-order chi connectivity index (χ0) is 13.3. The fourth-order valence-corrected chi connectivity index (χ4v) is 2.57. The van der Waals surface area contributed by atoms with Crippen LogP contribution in [0.4, 0.5) is 11.5 Å². The monoisotopic (exact) mass is 254 g/mol. The van der Waals surface area contributed by atoms with Crippen LogP contribution in [0.2, 0.25) is 0 Å². The van der Waals surface area contributed by atoms with Crippen LogP contribution < -0.4 is 4.90 Å². The fourth-order valence-electron chi connectivity index (χ4n) is 2.57. The number of aliphatic hydroxyl groups is 1. The Bertz CT molecular complexity index is 451. The number of nitro groups is 1. The van der Waals surface area contributed by atoms with E-state index in [4.69, 9.17) is 0 Å². The van der Waals surface area contributed by atoms with Crippen molar-refractivity contribution in [2.24, 2.45) is 7.05 Å². The second-order valence-electron chi connectivity index (χ2n) is 5.06. The highest BCUT2D eigenvalue weighted by Crippen LogP contribution is 2.32. The van der Waals surface area contributed by atoms with Crippen molar-refractivity contribution in [1.29, 1.82) is 0 Å². The average Bonchev–Trinajstić information content (AvgIpc) is 2.85. The van der Waals surface area contributed by atoms with Crippen LogP contribution in [0.3, 0.4) is 0 Å².